The summed E-state index contributed by atoms with van der Waals surface area (Å²) in [5.74, 6) is -0.331. The maximum Gasteiger partial charge on any atom is 0.309 e. The summed E-state index contributed by atoms with van der Waals surface area (Å²) in [7, 11) is 1.35. The summed E-state index contributed by atoms with van der Waals surface area (Å²) >= 11 is 12.1. The fourth-order valence-electron chi connectivity index (χ4n) is 4.01. The number of nitrogens with zero attached hydrogens (tertiary/aromatic N) is 3. The highest BCUT2D eigenvalue weighted by atomic mass is 35.5. The van der Waals surface area contributed by atoms with Gasteiger partial charge in [-0.15, -0.1) is 0 Å². The average Bonchev–Trinajstić information content (AvgIpc) is 3.54. The number of nitrogen functional groups attached to an aromatic ring is 1. The molecule has 1 aromatic heterocycles. The molecule has 158 valence electrons. The molecule has 1 aliphatic heterocycles. The zero-order valence-corrected chi connectivity index (χ0v) is 17.9. The van der Waals surface area contributed by atoms with Crippen molar-refractivity contribution >= 4 is 46.6 Å². The lowest BCUT2D eigenvalue weighted by atomic mass is 10.0. The summed E-state index contributed by atoms with van der Waals surface area (Å²) in [6, 6.07) is 9.03. The van der Waals surface area contributed by atoms with E-state index in [4.69, 9.17) is 33.7 Å². The molecule has 9 heteroatoms. The third-order valence-corrected chi connectivity index (χ3v) is 6.15. The second-order valence-electron chi connectivity index (χ2n) is 7.58. The van der Waals surface area contributed by atoms with Gasteiger partial charge in [0.1, 0.15) is 0 Å². The highest BCUT2D eigenvalue weighted by Gasteiger charge is 2.51. The quantitative estimate of drug-likeness (QED) is 0.722. The van der Waals surface area contributed by atoms with Crippen molar-refractivity contribution in [3.05, 3.63) is 52.1 Å². The van der Waals surface area contributed by atoms with Gasteiger partial charge in [0.05, 0.1) is 35.7 Å². The molecule has 2 aromatic rings. The maximum atomic E-state index is 13.0. The van der Waals surface area contributed by atoms with Crippen molar-refractivity contribution in [2.45, 2.75) is 12.5 Å². The lowest BCUT2D eigenvalue weighted by molar-refractivity contribution is -0.145. The SMILES string of the molecule is COC(=O)[C@H]1CC1C(=O)N1CCN(c2ncc(Cl)cc2N)C(c2ccc(Cl)cc2)C1. The van der Waals surface area contributed by atoms with Crippen LogP contribution in [0.25, 0.3) is 0 Å². The molecule has 2 aliphatic rings. The van der Waals surface area contributed by atoms with Crippen molar-refractivity contribution in [1.29, 1.82) is 0 Å². The number of hydrogen-bond acceptors (Lipinski definition) is 6. The van der Waals surface area contributed by atoms with E-state index >= 15 is 0 Å². The molecule has 2 heterocycles. The van der Waals surface area contributed by atoms with Gasteiger partial charge in [-0.2, -0.15) is 0 Å². The number of pyridine rings is 1. The smallest absolute Gasteiger partial charge is 0.309 e. The maximum absolute atomic E-state index is 13.0. The molecule has 2 N–H and O–H groups in total. The van der Waals surface area contributed by atoms with Crippen LogP contribution in [0.2, 0.25) is 10.0 Å². The van der Waals surface area contributed by atoms with Crippen LogP contribution in [-0.4, -0.2) is 48.5 Å². The minimum absolute atomic E-state index is 0.0129. The molecular formula is C21H22Cl2N4O3. The fraction of sp³-hybridized carbons (Fsp3) is 0.381. The van der Waals surface area contributed by atoms with Crippen LogP contribution >= 0.6 is 23.2 Å². The van der Waals surface area contributed by atoms with Crippen LogP contribution in [0, 0.1) is 11.8 Å². The molecule has 2 fully saturated rings. The predicted molar refractivity (Wildman–Crippen MR) is 115 cm³/mol. The number of anilines is 2. The molecule has 7 nitrogen and oxygen atoms in total. The largest absolute Gasteiger partial charge is 0.469 e. The molecule has 1 aromatic carbocycles. The molecule has 3 atom stereocenters. The van der Waals surface area contributed by atoms with Gasteiger partial charge in [-0.25, -0.2) is 4.98 Å². The Labute approximate surface area is 184 Å². The third-order valence-electron chi connectivity index (χ3n) is 5.69. The minimum Gasteiger partial charge on any atom is -0.469 e. The van der Waals surface area contributed by atoms with E-state index in [-0.39, 0.29) is 29.8 Å². The van der Waals surface area contributed by atoms with E-state index in [0.717, 1.165) is 5.56 Å². The second kappa shape index (κ2) is 8.32. The van der Waals surface area contributed by atoms with E-state index in [2.05, 4.69) is 9.88 Å². The van der Waals surface area contributed by atoms with E-state index in [1.54, 1.807) is 12.3 Å². The van der Waals surface area contributed by atoms with Crippen LogP contribution in [0.5, 0.6) is 0 Å². The summed E-state index contributed by atoms with van der Waals surface area (Å²) < 4.78 is 4.78. The van der Waals surface area contributed by atoms with Crippen LogP contribution in [0.1, 0.15) is 18.0 Å². The molecule has 0 bridgehead atoms. The van der Waals surface area contributed by atoms with E-state index < -0.39 is 0 Å². The Hall–Kier alpha value is -2.51. The number of methoxy groups -OCH3 is 1. The van der Waals surface area contributed by atoms with Gasteiger partial charge < -0.3 is 20.3 Å². The Bertz CT molecular complexity index is 969. The number of hydrogen-bond donors (Lipinski definition) is 1. The van der Waals surface area contributed by atoms with Crippen LogP contribution < -0.4 is 10.6 Å². The normalized spacial score (nSPS) is 23.2. The first-order chi connectivity index (χ1) is 14.4. The van der Waals surface area contributed by atoms with Crippen molar-refractivity contribution in [3.8, 4) is 0 Å². The highest BCUT2D eigenvalue weighted by Crippen LogP contribution is 2.42. The number of carbonyl (C=O) groups is 2. The van der Waals surface area contributed by atoms with Crippen molar-refractivity contribution in [2.24, 2.45) is 11.8 Å². The summed E-state index contributed by atoms with van der Waals surface area (Å²) in [4.78, 5) is 33.1. The lowest BCUT2D eigenvalue weighted by Gasteiger charge is -2.43. The van der Waals surface area contributed by atoms with Gasteiger partial charge in [0.25, 0.3) is 0 Å². The first kappa shape index (κ1) is 20.8. The number of piperazine rings is 1. The van der Waals surface area contributed by atoms with Gasteiger partial charge in [0.2, 0.25) is 5.91 Å². The molecule has 0 radical (unpaired) electrons. The zero-order valence-electron chi connectivity index (χ0n) is 16.4. The Kier molecular flexibility index (Phi) is 5.75. The van der Waals surface area contributed by atoms with Crippen LogP contribution in [0.15, 0.2) is 36.5 Å². The monoisotopic (exact) mass is 448 g/mol. The Morgan fingerprint density at radius 3 is 2.53 bits per heavy atom. The fourth-order valence-corrected chi connectivity index (χ4v) is 4.30. The summed E-state index contributed by atoms with van der Waals surface area (Å²) in [5.41, 5.74) is 7.67. The number of ether oxygens (including phenoxy) is 1. The Morgan fingerprint density at radius 1 is 1.13 bits per heavy atom. The molecule has 30 heavy (non-hydrogen) atoms. The number of esters is 1. The molecule has 2 unspecified atom stereocenters. The first-order valence-corrected chi connectivity index (χ1v) is 10.4. The van der Waals surface area contributed by atoms with E-state index in [0.29, 0.717) is 47.6 Å². The van der Waals surface area contributed by atoms with Crippen LogP contribution in [0.4, 0.5) is 11.5 Å². The summed E-state index contributed by atoms with van der Waals surface area (Å²) in [6.07, 6.45) is 2.11. The third kappa shape index (κ3) is 4.04. The summed E-state index contributed by atoms with van der Waals surface area (Å²) in [5, 5.41) is 1.10. The van der Waals surface area contributed by atoms with Crippen molar-refractivity contribution in [2.75, 3.05) is 37.4 Å². The van der Waals surface area contributed by atoms with Gasteiger partial charge in [-0.3, -0.25) is 9.59 Å². The molecule has 1 saturated carbocycles. The van der Waals surface area contributed by atoms with Gasteiger partial charge in [-0.1, -0.05) is 35.3 Å². The number of halogens is 2. The first-order valence-electron chi connectivity index (χ1n) is 9.68. The van der Waals surface area contributed by atoms with Crippen LogP contribution in [-0.2, 0) is 14.3 Å². The molecule has 1 amide bonds. The average molecular weight is 449 g/mol. The van der Waals surface area contributed by atoms with Crippen LogP contribution in [0.3, 0.4) is 0 Å². The van der Waals surface area contributed by atoms with Gasteiger partial charge in [0, 0.05) is 30.9 Å². The van der Waals surface area contributed by atoms with Crippen molar-refractivity contribution in [3.63, 3.8) is 0 Å². The van der Waals surface area contributed by atoms with E-state index in [9.17, 15) is 9.59 Å². The number of nitrogens with two attached hydrogens (primary N) is 1. The number of amides is 1. The second-order valence-corrected chi connectivity index (χ2v) is 8.46. The Morgan fingerprint density at radius 2 is 1.87 bits per heavy atom. The highest BCUT2D eigenvalue weighted by molar-refractivity contribution is 6.31. The predicted octanol–water partition coefficient (Wildman–Crippen LogP) is 3.17. The minimum atomic E-state index is -0.330. The Balaban J connectivity index is 1.59. The van der Waals surface area contributed by atoms with Crippen molar-refractivity contribution < 1.29 is 14.3 Å². The van der Waals surface area contributed by atoms with Gasteiger partial charge >= 0.3 is 5.97 Å². The number of benzene rings is 1. The number of carbonyl (C=O) groups excluding carboxylic acids is 2. The standard InChI is InChI=1S/C21H22Cl2N4O3/c1-30-21(29)16-9-15(16)20(28)26-6-7-27(19-17(24)8-14(23)10-25-19)18(11-26)12-2-4-13(22)5-3-12/h2-5,8,10,15-16,18H,6-7,9,11,24H2,1H3/t15?,16-,18?/m0/s1. The zero-order chi connectivity index (χ0) is 21.4. The molecule has 4 rings (SSSR count). The van der Waals surface area contributed by atoms with Gasteiger partial charge in [0.15, 0.2) is 5.82 Å². The topological polar surface area (TPSA) is 88.8 Å². The van der Waals surface area contributed by atoms with E-state index in [1.165, 1.54) is 7.11 Å². The van der Waals surface area contributed by atoms with Crippen molar-refractivity contribution in [1.82, 2.24) is 9.88 Å². The van der Waals surface area contributed by atoms with E-state index in [1.807, 2.05) is 29.2 Å². The number of aromatic nitrogens is 1. The molecule has 1 saturated heterocycles. The summed E-state index contributed by atoms with van der Waals surface area (Å²) in [6.45, 7) is 1.51. The molecular weight excluding hydrogens is 427 g/mol. The molecule has 1 aliphatic carbocycles. The van der Waals surface area contributed by atoms with Gasteiger partial charge in [-0.05, 0) is 30.2 Å². The molecule has 0 spiro atoms. The lowest BCUT2D eigenvalue weighted by Crippen LogP contribution is -2.51. The number of rotatable bonds is 4.